The summed E-state index contributed by atoms with van der Waals surface area (Å²) in [7, 11) is 1.35. The summed E-state index contributed by atoms with van der Waals surface area (Å²) in [5, 5.41) is 7.51. The molecule has 1 amide bonds. The van der Waals surface area contributed by atoms with Gasteiger partial charge in [-0.1, -0.05) is 23.7 Å². The highest BCUT2D eigenvalue weighted by atomic mass is 35.5. The highest BCUT2D eigenvalue weighted by Crippen LogP contribution is 2.39. The Balaban J connectivity index is 1.30. The summed E-state index contributed by atoms with van der Waals surface area (Å²) in [6.45, 7) is 0.307. The first-order valence-corrected chi connectivity index (χ1v) is 10.7. The number of esters is 1. The zero-order valence-corrected chi connectivity index (χ0v) is 18.4. The number of amides is 1. The van der Waals surface area contributed by atoms with E-state index in [4.69, 9.17) is 21.1 Å². The number of aromatic nitrogens is 3. The second kappa shape index (κ2) is 8.55. The minimum absolute atomic E-state index is 0.257. The molecule has 0 saturated heterocycles. The van der Waals surface area contributed by atoms with Crippen LogP contribution in [0.1, 0.15) is 26.3 Å². The van der Waals surface area contributed by atoms with Gasteiger partial charge in [0.25, 0.3) is 5.91 Å². The predicted molar refractivity (Wildman–Crippen MR) is 122 cm³/mol. The molecule has 0 spiro atoms. The monoisotopic (exact) mass is 462 g/mol. The molecule has 0 aliphatic carbocycles. The van der Waals surface area contributed by atoms with Crippen LogP contribution in [-0.2, 0) is 11.2 Å². The second-order valence-corrected chi connectivity index (χ2v) is 8.03. The molecule has 166 valence electrons. The number of ether oxygens (including phenoxy) is 2. The summed E-state index contributed by atoms with van der Waals surface area (Å²) < 4.78 is 12.4. The maximum absolute atomic E-state index is 12.6. The van der Waals surface area contributed by atoms with Gasteiger partial charge in [0.1, 0.15) is 17.4 Å². The van der Waals surface area contributed by atoms with Crippen molar-refractivity contribution >= 4 is 29.1 Å². The standard InChI is InChI=1S/C24H19ClN4O4/c1-32-24(31)15-5-2-4-14(8-15)16-9-17-10-18(33-21(17)20(25)11-16)12-27-23(30)19-13-28-29-7-3-6-26-22(19)29/h2-9,11,13,18H,10,12H2,1H3,(H,27,30). The smallest absolute Gasteiger partial charge is 0.337 e. The Morgan fingerprint density at radius 2 is 2.12 bits per heavy atom. The van der Waals surface area contributed by atoms with Crippen LogP contribution in [0.3, 0.4) is 0 Å². The van der Waals surface area contributed by atoms with Gasteiger partial charge in [-0.15, -0.1) is 0 Å². The van der Waals surface area contributed by atoms with Crippen molar-refractivity contribution in [1.82, 2.24) is 19.9 Å². The number of carbonyl (C=O) groups excluding carboxylic acids is 2. The number of halogens is 1. The topological polar surface area (TPSA) is 94.8 Å². The Morgan fingerprint density at radius 3 is 2.97 bits per heavy atom. The van der Waals surface area contributed by atoms with Crippen LogP contribution in [0.25, 0.3) is 16.8 Å². The van der Waals surface area contributed by atoms with Crippen molar-refractivity contribution < 1.29 is 19.1 Å². The van der Waals surface area contributed by atoms with Crippen LogP contribution < -0.4 is 10.1 Å². The van der Waals surface area contributed by atoms with Crippen molar-refractivity contribution in [3.63, 3.8) is 0 Å². The van der Waals surface area contributed by atoms with Gasteiger partial charge in [0.2, 0.25) is 0 Å². The van der Waals surface area contributed by atoms with Crippen molar-refractivity contribution in [2.45, 2.75) is 12.5 Å². The molecular formula is C24H19ClN4O4. The van der Waals surface area contributed by atoms with Gasteiger partial charge in [-0.2, -0.15) is 5.10 Å². The van der Waals surface area contributed by atoms with Gasteiger partial charge in [0.05, 0.1) is 30.4 Å². The molecule has 3 heterocycles. The number of fused-ring (bicyclic) bond motifs is 2. The number of nitrogens with zero attached hydrogens (tertiary/aromatic N) is 3. The first-order chi connectivity index (χ1) is 16.0. The van der Waals surface area contributed by atoms with Gasteiger partial charge in [-0.05, 0) is 41.5 Å². The molecule has 1 unspecified atom stereocenters. The van der Waals surface area contributed by atoms with E-state index in [1.165, 1.54) is 13.3 Å². The molecule has 2 aromatic carbocycles. The Labute approximate surface area is 194 Å². The average Bonchev–Trinajstić information content (AvgIpc) is 3.46. The predicted octanol–water partition coefficient (Wildman–Crippen LogP) is 3.57. The molecule has 4 aromatic rings. The van der Waals surface area contributed by atoms with E-state index >= 15 is 0 Å². The van der Waals surface area contributed by atoms with Crippen LogP contribution in [0.4, 0.5) is 0 Å². The lowest BCUT2D eigenvalue weighted by Crippen LogP contribution is -2.34. The molecule has 0 fully saturated rings. The molecule has 5 rings (SSSR count). The Morgan fingerprint density at radius 1 is 1.24 bits per heavy atom. The SMILES string of the molecule is COC(=O)c1cccc(-c2cc(Cl)c3c(c2)CC(CNC(=O)c2cnn4cccnc24)O3)c1. The molecular weight excluding hydrogens is 444 g/mol. The fourth-order valence-electron chi connectivity index (χ4n) is 3.90. The maximum atomic E-state index is 12.6. The van der Waals surface area contributed by atoms with Crippen LogP contribution in [-0.4, -0.2) is 46.2 Å². The number of methoxy groups -OCH3 is 1. The van der Waals surface area contributed by atoms with E-state index in [1.54, 1.807) is 41.2 Å². The van der Waals surface area contributed by atoms with E-state index < -0.39 is 5.97 Å². The van der Waals surface area contributed by atoms with Crippen LogP contribution in [0, 0.1) is 0 Å². The lowest BCUT2D eigenvalue weighted by atomic mass is 9.99. The van der Waals surface area contributed by atoms with Crippen molar-refractivity contribution in [2.24, 2.45) is 0 Å². The average molecular weight is 463 g/mol. The van der Waals surface area contributed by atoms with Gasteiger partial charge in [-0.25, -0.2) is 14.3 Å². The molecule has 2 aromatic heterocycles. The molecule has 8 nitrogen and oxygen atoms in total. The Bertz CT molecular complexity index is 1380. The number of hydrogen-bond donors (Lipinski definition) is 1. The van der Waals surface area contributed by atoms with E-state index in [2.05, 4.69) is 15.4 Å². The number of rotatable bonds is 5. The largest absolute Gasteiger partial charge is 0.486 e. The molecule has 1 atom stereocenters. The first kappa shape index (κ1) is 21.0. The van der Waals surface area contributed by atoms with Crippen molar-refractivity contribution in [3.05, 3.63) is 82.8 Å². The summed E-state index contributed by atoms with van der Waals surface area (Å²) in [5.41, 5.74) is 4.02. The molecule has 1 aliphatic rings. The van der Waals surface area contributed by atoms with Gasteiger partial charge in [-0.3, -0.25) is 4.79 Å². The van der Waals surface area contributed by atoms with Crippen LogP contribution in [0.2, 0.25) is 5.02 Å². The third-order valence-electron chi connectivity index (χ3n) is 5.48. The van der Waals surface area contributed by atoms with Gasteiger partial charge < -0.3 is 14.8 Å². The normalized spacial score (nSPS) is 14.5. The molecule has 1 N–H and O–H groups in total. The minimum Gasteiger partial charge on any atom is -0.486 e. The highest BCUT2D eigenvalue weighted by molar-refractivity contribution is 6.32. The van der Waals surface area contributed by atoms with Crippen molar-refractivity contribution in [2.75, 3.05) is 13.7 Å². The third-order valence-corrected chi connectivity index (χ3v) is 5.76. The van der Waals surface area contributed by atoms with Crippen LogP contribution in [0.15, 0.2) is 61.1 Å². The fourth-order valence-corrected chi connectivity index (χ4v) is 4.18. The molecule has 0 radical (unpaired) electrons. The molecule has 0 bridgehead atoms. The number of benzene rings is 2. The van der Waals surface area contributed by atoms with Crippen LogP contribution in [0.5, 0.6) is 5.75 Å². The fraction of sp³-hybridized carbons (Fsp3) is 0.167. The summed E-state index contributed by atoms with van der Waals surface area (Å²) >= 11 is 6.51. The van der Waals surface area contributed by atoms with E-state index in [-0.39, 0.29) is 12.0 Å². The Hall–Kier alpha value is -3.91. The van der Waals surface area contributed by atoms with E-state index in [1.807, 2.05) is 18.2 Å². The molecule has 1 aliphatic heterocycles. The lowest BCUT2D eigenvalue weighted by molar-refractivity contribution is 0.0600. The number of nitrogens with one attached hydrogen (secondary N) is 1. The second-order valence-electron chi connectivity index (χ2n) is 7.62. The zero-order valence-electron chi connectivity index (χ0n) is 17.6. The Kier molecular flexibility index (Phi) is 5.43. The number of carbonyl (C=O) groups is 2. The van der Waals surface area contributed by atoms with E-state index in [0.717, 1.165) is 16.7 Å². The third kappa shape index (κ3) is 4.01. The molecule has 33 heavy (non-hydrogen) atoms. The van der Waals surface area contributed by atoms with E-state index in [0.29, 0.717) is 40.5 Å². The summed E-state index contributed by atoms with van der Waals surface area (Å²) in [6.07, 6.45) is 5.18. The molecule has 0 saturated carbocycles. The minimum atomic E-state index is -0.398. The van der Waals surface area contributed by atoms with Crippen molar-refractivity contribution in [1.29, 1.82) is 0 Å². The quantitative estimate of drug-likeness (QED) is 0.456. The lowest BCUT2D eigenvalue weighted by Gasteiger charge is -2.12. The maximum Gasteiger partial charge on any atom is 0.337 e. The highest BCUT2D eigenvalue weighted by Gasteiger charge is 2.27. The summed E-state index contributed by atoms with van der Waals surface area (Å²) in [4.78, 5) is 28.7. The summed E-state index contributed by atoms with van der Waals surface area (Å²) in [6, 6.07) is 12.7. The van der Waals surface area contributed by atoms with Crippen molar-refractivity contribution in [3.8, 4) is 16.9 Å². The van der Waals surface area contributed by atoms with Gasteiger partial charge in [0.15, 0.2) is 5.65 Å². The molecule has 9 heteroatoms. The zero-order chi connectivity index (χ0) is 22.9. The van der Waals surface area contributed by atoms with E-state index in [9.17, 15) is 9.59 Å². The summed E-state index contributed by atoms with van der Waals surface area (Å²) in [5.74, 6) is -0.0549. The first-order valence-electron chi connectivity index (χ1n) is 10.3. The van der Waals surface area contributed by atoms with Gasteiger partial charge in [0, 0.05) is 24.4 Å². The van der Waals surface area contributed by atoms with Gasteiger partial charge >= 0.3 is 5.97 Å². The number of hydrogen-bond acceptors (Lipinski definition) is 6. The van der Waals surface area contributed by atoms with Crippen LogP contribution >= 0.6 is 11.6 Å².